The van der Waals surface area contributed by atoms with Crippen LogP contribution in [0.15, 0.2) is 24.3 Å². The van der Waals surface area contributed by atoms with Crippen molar-refractivity contribution in [3.8, 4) is 0 Å². The number of carbonyl (C=O) groups is 1. The molecule has 0 fully saturated rings. The molecule has 5 heteroatoms. The maximum absolute atomic E-state index is 13.4. The molecule has 18 heavy (non-hydrogen) atoms. The standard InChI is InChI=1S/C13H18FNO3/c1-15(7-10(16)9-18-2)8-13(17)11-5-3-4-6-12(11)14/h3-6,10,16H,7-9H2,1-2H3. The number of benzene rings is 1. The Morgan fingerprint density at radius 3 is 2.78 bits per heavy atom. The molecule has 0 heterocycles. The number of aliphatic hydroxyl groups excluding tert-OH is 1. The molecule has 0 radical (unpaired) electrons. The van der Waals surface area contributed by atoms with Crippen LogP contribution < -0.4 is 0 Å². The van der Waals surface area contributed by atoms with E-state index in [1.165, 1.54) is 25.3 Å². The Bertz CT molecular complexity index is 398. The van der Waals surface area contributed by atoms with E-state index in [4.69, 9.17) is 4.74 Å². The summed E-state index contributed by atoms with van der Waals surface area (Å²) >= 11 is 0. The monoisotopic (exact) mass is 255 g/mol. The quantitative estimate of drug-likeness (QED) is 0.737. The number of rotatable bonds is 7. The summed E-state index contributed by atoms with van der Waals surface area (Å²) in [5.74, 6) is -0.825. The van der Waals surface area contributed by atoms with Gasteiger partial charge in [-0.3, -0.25) is 9.69 Å². The number of carbonyl (C=O) groups excluding carboxylic acids is 1. The number of ketones is 1. The lowest BCUT2D eigenvalue weighted by atomic mass is 10.1. The van der Waals surface area contributed by atoms with E-state index in [1.807, 2.05) is 0 Å². The van der Waals surface area contributed by atoms with Crippen molar-refractivity contribution in [3.05, 3.63) is 35.6 Å². The number of nitrogens with zero attached hydrogens (tertiary/aromatic N) is 1. The molecule has 0 aromatic heterocycles. The van der Waals surface area contributed by atoms with Crippen LogP contribution in [0.5, 0.6) is 0 Å². The normalized spacial score (nSPS) is 12.7. The summed E-state index contributed by atoms with van der Waals surface area (Å²) in [7, 11) is 3.19. The first-order valence-corrected chi connectivity index (χ1v) is 5.68. The van der Waals surface area contributed by atoms with Gasteiger partial charge in [0.05, 0.1) is 24.8 Å². The summed E-state index contributed by atoms with van der Waals surface area (Å²) in [6, 6.07) is 5.87. The number of hydrogen-bond donors (Lipinski definition) is 1. The minimum Gasteiger partial charge on any atom is -0.389 e. The fourth-order valence-corrected chi connectivity index (χ4v) is 1.69. The zero-order valence-corrected chi connectivity index (χ0v) is 10.6. The lowest BCUT2D eigenvalue weighted by Crippen LogP contribution is -2.35. The highest BCUT2D eigenvalue weighted by atomic mass is 19.1. The van der Waals surface area contributed by atoms with Crippen LogP contribution >= 0.6 is 0 Å². The Morgan fingerprint density at radius 1 is 1.50 bits per heavy atom. The Kier molecular flexibility index (Phi) is 5.91. The molecule has 0 spiro atoms. The van der Waals surface area contributed by atoms with Gasteiger partial charge in [0.25, 0.3) is 0 Å². The molecule has 0 bridgehead atoms. The van der Waals surface area contributed by atoms with Gasteiger partial charge in [-0.25, -0.2) is 4.39 Å². The third-order valence-corrected chi connectivity index (χ3v) is 2.47. The van der Waals surface area contributed by atoms with Gasteiger partial charge < -0.3 is 9.84 Å². The number of aliphatic hydroxyl groups is 1. The van der Waals surface area contributed by atoms with E-state index in [2.05, 4.69) is 0 Å². The molecular formula is C13H18FNO3. The van der Waals surface area contributed by atoms with Gasteiger partial charge in [-0.15, -0.1) is 0 Å². The molecule has 0 saturated carbocycles. The summed E-state index contributed by atoms with van der Waals surface area (Å²) < 4.78 is 18.2. The summed E-state index contributed by atoms with van der Waals surface area (Å²) in [5.41, 5.74) is 0.0746. The van der Waals surface area contributed by atoms with Crippen molar-refractivity contribution >= 4 is 5.78 Å². The molecule has 0 aliphatic rings. The predicted molar refractivity (Wildman–Crippen MR) is 66.1 cm³/mol. The van der Waals surface area contributed by atoms with Crippen molar-refractivity contribution in [2.75, 3.05) is 33.9 Å². The molecular weight excluding hydrogens is 237 g/mol. The minimum atomic E-state index is -0.659. The van der Waals surface area contributed by atoms with E-state index in [9.17, 15) is 14.3 Å². The number of hydrogen-bond acceptors (Lipinski definition) is 4. The number of likely N-dealkylation sites (N-methyl/N-ethyl adjacent to an activating group) is 1. The molecule has 0 amide bonds. The number of methoxy groups -OCH3 is 1. The first-order valence-electron chi connectivity index (χ1n) is 5.68. The Hall–Kier alpha value is -1.30. The zero-order valence-electron chi connectivity index (χ0n) is 10.6. The second-order valence-corrected chi connectivity index (χ2v) is 4.21. The fraction of sp³-hybridized carbons (Fsp3) is 0.462. The SMILES string of the molecule is COCC(O)CN(C)CC(=O)c1ccccc1F. The van der Waals surface area contributed by atoms with Gasteiger partial charge in [0.15, 0.2) is 5.78 Å². The molecule has 1 aromatic rings. The Balaban J connectivity index is 2.52. The van der Waals surface area contributed by atoms with Gasteiger partial charge in [-0.2, -0.15) is 0 Å². The molecule has 1 rings (SSSR count). The molecule has 1 atom stereocenters. The van der Waals surface area contributed by atoms with Crippen LogP contribution in [0.1, 0.15) is 10.4 Å². The molecule has 0 saturated heterocycles. The van der Waals surface area contributed by atoms with Crippen LogP contribution in [0, 0.1) is 5.82 Å². The second kappa shape index (κ2) is 7.20. The first kappa shape index (κ1) is 14.8. The van der Waals surface area contributed by atoms with Gasteiger partial charge >= 0.3 is 0 Å². The maximum Gasteiger partial charge on any atom is 0.179 e. The highest BCUT2D eigenvalue weighted by Crippen LogP contribution is 2.07. The van der Waals surface area contributed by atoms with Gasteiger partial charge in [0, 0.05) is 13.7 Å². The summed E-state index contributed by atoms with van der Waals surface area (Å²) in [5, 5.41) is 9.51. The fourth-order valence-electron chi connectivity index (χ4n) is 1.69. The highest BCUT2D eigenvalue weighted by molar-refractivity contribution is 5.97. The van der Waals surface area contributed by atoms with Crippen LogP contribution in [0.25, 0.3) is 0 Å². The second-order valence-electron chi connectivity index (χ2n) is 4.21. The lowest BCUT2D eigenvalue weighted by molar-refractivity contribution is 0.0427. The van der Waals surface area contributed by atoms with Crippen molar-refractivity contribution in [2.45, 2.75) is 6.10 Å². The average molecular weight is 255 g/mol. The van der Waals surface area contributed by atoms with E-state index in [-0.39, 0.29) is 24.5 Å². The van der Waals surface area contributed by atoms with Gasteiger partial charge in [-0.1, -0.05) is 12.1 Å². The van der Waals surface area contributed by atoms with Crippen molar-refractivity contribution in [2.24, 2.45) is 0 Å². The van der Waals surface area contributed by atoms with E-state index < -0.39 is 11.9 Å². The third-order valence-electron chi connectivity index (χ3n) is 2.47. The maximum atomic E-state index is 13.4. The largest absolute Gasteiger partial charge is 0.389 e. The summed E-state index contributed by atoms with van der Waals surface area (Å²) in [6.45, 7) is 0.563. The van der Waals surface area contributed by atoms with Crippen molar-refractivity contribution < 1.29 is 19.0 Å². The molecule has 4 nitrogen and oxygen atoms in total. The Morgan fingerprint density at radius 2 is 2.17 bits per heavy atom. The minimum absolute atomic E-state index is 0.0572. The van der Waals surface area contributed by atoms with E-state index in [1.54, 1.807) is 18.0 Å². The van der Waals surface area contributed by atoms with Crippen LogP contribution in [0.4, 0.5) is 4.39 Å². The van der Waals surface area contributed by atoms with Crippen LogP contribution in [-0.2, 0) is 4.74 Å². The zero-order chi connectivity index (χ0) is 13.5. The number of Topliss-reactive ketones (excluding diaryl/α,β-unsaturated/α-hetero) is 1. The van der Waals surface area contributed by atoms with Crippen molar-refractivity contribution in [1.82, 2.24) is 4.90 Å². The third kappa shape index (κ3) is 4.52. The summed E-state index contributed by atoms with van der Waals surface area (Å²) in [4.78, 5) is 13.5. The molecule has 1 unspecified atom stereocenters. The first-order chi connectivity index (χ1) is 8.54. The van der Waals surface area contributed by atoms with Gasteiger partial charge in [0.1, 0.15) is 5.82 Å². The highest BCUT2D eigenvalue weighted by Gasteiger charge is 2.15. The lowest BCUT2D eigenvalue weighted by Gasteiger charge is -2.19. The van der Waals surface area contributed by atoms with Crippen LogP contribution in [0.3, 0.4) is 0 Å². The van der Waals surface area contributed by atoms with E-state index >= 15 is 0 Å². The molecule has 1 aromatic carbocycles. The van der Waals surface area contributed by atoms with E-state index in [0.29, 0.717) is 6.54 Å². The summed E-state index contributed by atoms with van der Waals surface area (Å²) in [6.07, 6.45) is -0.659. The van der Waals surface area contributed by atoms with Crippen LogP contribution in [-0.4, -0.2) is 55.7 Å². The number of ether oxygens (including phenoxy) is 1. The van der Waals surface area contributed by atoms with Crippen LogP contribution in [0.2, 0.25) is 0 Å². The Labute approximate surface area is 106 Å². The smallest absolute Gasteiger partial charge is 0.179 e. The topological polar surface area (TPSA) is 49.8 Å². The van der Waals surface area contributed by atoms with E-state index in [0.717, 1.165) is 0 Å². The average Bonchev–Trinajstić information content (AvgIpc) is 2.29. The van der Waals surface area contributed by atoms with Gasteiger partial charge in [0.2, 0.25) is 0 Å². The molecule has 0 aliphatic heterocycles. The van der Waals surface area contributed by atoms with Crippen molar-refractivity contribution in [3.63, 3.8) is 0 Å². The van der Waals surface area contributed by atoms with Crippen molar-refractivity contribution in [1.29, 1.82) is 0 Å². The predicted octanol–water partition coefficient (Wildman–Crippen LogP) is 0.947. The van der Waals surface area contributed by atoms with Gasteiger partial charge in [-0.05, 0) is 19.2 Å². The number of halogens is 1. The molecule has 0 aliphatic carbocycles. The molecule has 1 N–H and O–H groups in total. The molecule has 100 valence electrons.